The minimum absolute atomic E-state index is 0.216. The number of nitrogens with zero attached hydrogens (tertiary/aromatic N) is 1. The van der Waals surface area contributed by atoms with Crippen LogP contribution < -0.4 is 15.5 Å². The normalized spacial score (nSPS) is 14.7. The summed E-state index contributed by atoms with van der Waals surface area (Å²) >= 11 is 5.27. The lowest BCUT2D eigenvalue weighted by Crippen LogP contribution is -2.31. The average molecular weight is 305 g/mol. The molecule has 0 aromatic heterocycles. The monoisotopic (exact) mass is 305 g/mol. The van der Waals surface area contributed by atoms with Gasteiger partial charge in [0.05, 0.1) is 0 Å². The Morgan fingerprint density at radius 1 is 1.43 bits per heavy atom. The van der Waals surface area contributed by atoms with Crippen LogP contribution >= 0.6 is 12.2 Å². The van der Waals surface area contributed by atoms with Gasteiger partial charge in [0.1, 0.15) is 0 Å². The third kappa shape index (κ3) is 4.17. The molecule has 2 rings (SSSR count). The first-order valence-electron chi connectivity index (χ1n) is 7.43. The molecular formula is C16H23N3OS. The largest absolute Gasteiger partial charge is 0.362 e. The molecule has 0 radical (unpaired) electrons. The van der Waals surface area contributed by atoms with Crippen LogP contribution in [0, 0.1) is 12.8 Å². The van der Waals surface area contributed by atoms with Gasteiger partial charge in [-0.3, -0.25) is 4.79 Å². The highest BCUT2D eigenvalue weighted by molar-refractivity contribution is 7.80. The first-order valence-corrected chi connectivity index (χ1v) is 7.84. The molecule has 1 aliphatic rings. The third-order valence-electron chi connectivity index (χ3n) is 3.49. The van der Waals surface area contributed by atoms with Crippen molar-refractivity contribution >= 4 is 34.6 Å². The van der Waals surface area contributed by atoms with Gasteiger partial charge < -0.3 is 15.5 Å². The molecule has 0 aliphatic carbocycles. The molecule has 0 bridgehead atoms. The van der Waals surface area contributed by atoms with Crippen LogP contribution in [0.25, 0.3) is 0 Å². The highest BCUT2D eigenvalue weighted by atomic mass is 32.1. The number of hydrogen-bond acceptors (Lipinski definition) is 2. The molecule has 1 fully saturated rings. The Morgan fingerprint density at radius 3 is 2.76 bits per heavy atom. The number of rotatable bonds is 4. The van der Waals surface area contributed by atoms with Gasteiger partial charge in [-0.15, -0.1) is 0 Å². The van der Waals surface area contributed by atoms with Gasteiger partial charge in [0, 0.05) is 30.9 Å². The Morgan fingerprint density at radius 2 is 2.19 bits per heavy atom. The SMILES string of the molecule is Cc1cc(NC(=S)NCC(C)C)ccc1N1CCCC1=O. The van der Waals surface area contributed by atoms with Gasteiger partial charge >= 0.3 is 0 Å². The van der Waals surface area contributed by atoms with E-state index in [0.717, 1.165) is 36.4 Å². The molecule has 0 unspecified atom stereocenters. The van der Waals surface area contributed by atoms with Crippen LogP contribution in [0.3, 0.4) is 0 Å². The second-order valence-corrected chi connectivity index (χ2v) is 6.29. The molecule has 1 aromatic carbocycles. The summed E-state index contributed by atoms with van der Waals surface area (Å²) in [5.74, 6) is 0.767. The number of carbonyl (C=O) groups is 1. The molecule has 1 aromatic rings. The maximum Gasteiger partial charge on any atom is 0.227 e. The molecule has 2 N–H and O–H groups in total. The van der Waals surface area contributed by atoms with Gasteiger partial charge in [-0.05, 0) is 55.2 Å². The van der Waals surface area contributed by atoms with Crippen molar-refractivity contribution in [1.29, 1.82) is 0 Å². The summed E-state index contributed by atoms with van der Waals surface area (Å²) in [7, 11) is 0. The lowest BCUT2D eigenvalue weighted by Gasteiger charge is -2.19. The van der Waals surface area contributed by atoms with Crippen molar-refractivity contribution in [3.63, 3.8) is 0 Å². The second kappa shape index (κ2) is 6.89. The van der Waals surface area contributed by atoms with E-state index in [1.165, 1.54) is 0 Å². The van der Waals surface area contributed by atoms with Crippen molar-refractivity contribution in [1.82, 2.24) is 5.32 Å². The zero-order valence-corrected chi connectivity index (χ0v) is 13.7. The molecule has 1 heterocycles. The number of nitrogens with one attached hydrogen (secondary N) is 2. The highest BCUT2D eigenvalue weighted by Gasteiger charge is 2.22. The van der Waals surface area contributed by atoms with Crippen LogP contribution in [0.5, 0.6) is 0 Å². The van der Waals surface area contributed by atoms with Gasteiger partial charge in [-0.2, -0.15) is 0 Å². The molecule has 1 aliphatic heterocycles. The summed E-state index contributed by atoms with van der Waals surface area (Å²) in [5, 5.41) is 7.00. The van der Waals surface area contributed by atoms with E-state index < -0.39 is 0 Å². The maximum absolute atomic E-state index is 11.8. The number of amides is 1. The highest BCUT2D eigenvalue weighted by Crippen LogP contribution is 2.27. The lowest BCUT2D eigenvalue weighted by atomic mass is 10.1. The Labute approximate surface area is 131 Å². The van der Waals surface area contributed by atoms with Gasteiger partial charge in [-0.25, -0.2) is 0 Å². The van der Waals surface area contributed by atoms with Gasteiger partial charge in [0.25, 0.3) is 0 Å². The number of carbonyl (C=O) groups excluding carboxylic acids is 1. The van der Waals surface area contributed by atoms with Gasteiger partial charge in [-0.1, -0.05) is 13.8 Å². The van der Waals surface area contributed by atoms with E-state index in [4.69, 9.17) is 12.2 Å². The van der Waals surface area contributed by atoms with E-state index in [0.29, 0.717) is 17.5 Å². The number of aryl methyl sites for hydroxylation is 1. The van der Waals surface area contributed by atoms with Crippen molar-refractivity contribution < 1.29 is 4.79 Å². The number of hydrogen-bond donors (Lipinski definition) is 2. The number of thiocarbonyl (C=S) groups is 1. The van der Waals surface area contributed by atoms with E-state index in [1.54, 1.807) is 0 Å². The van der Waals surface area contributed by atoms with Gasteiger partial charge in [0.2, 0.25) is 5.91 Å². The predicted molar refractivity (Wildman–Crippen MR) is 91.8 cm³/mol. The van der Waals surface area contributed by atoms with Crippen LogP contribution in [-0.2, 0) is 4.79 Å². The minimum Gasteiger partial charge on any atom is -0.362 e. The summed E-state index contributed by atoms with van der Waals surface area (Å²) in [6, 6.07) is 5.99. The molecule has 5 heteroatoms. The summed E-state index contributed by atoms with van der Waals surface area (Å²) in [5.41, 5.74) is 3.04. The fourth-order valence-corrected chi connectivity index (χ4v) is 2.61. The minimum atomic E-state index is 0.216. The molecule has 114 valence electrons. The Kier molecular flexibility index (Phi) is 5.17. The summed E-state index contributed by atoms with van der Waals surface area (Å²) in [6.45, 7) is 7.98. The molecule has 0 spiro atoms. The van der Waals surface area contributed by atoms with E-state index in [9.17, 15) is 4.79 Å². The fraction of sp³-hybridized carbons (Fsp3) is 0.500. The fourth-order valence-electron chi connectivity index (χ4n) is 2.41. The predicted octanol–water partition coefficient (Wildman–Crippen LogP) is 3.06. The first kappa shape index (κ1) is 15.8. The van der Waals surface area contributed by atoms with E-state index >= 15 is 0 Å². The molecule has 4 nitrogen and oxygen atoms in total. The number of anilines is 2. The molecule has 1 saturated heterocycles. The Hall–Kier alpha value is -1.62. The zero-order valence-electron chi connectivity index (χ0n) is 12.9. The van der Waals surface area contributed by atoms with E-state index in [-0.39, 0.29) is 5.91 Å². The van der Waals surface area contributed by atoms with Crippen LogP contribution in [0.2, 0.25) is 0 Å². The van der Waals surface area contributed by atoms with Crippen LogP contribution in [0.15, 0.2) is 18.2 Å². The summed E-state index contributed by atoms with van der Waals surface area (Å²) in [6.07, 6.45) is 1.60. The smallest absolute Gasteiger partial charge is 0.227 e. The van der Waals surface area contributed by atoms with E-state index in [1.807, 2.05) is 30.0 Å². The van der Waals surface area contributed by atoms with Crippen molar-refractivity contribution in [2.75, 3.05) is 23.3 Å². The topological polar surface area (TPSA) is 44.4 Å². The number of benzene rings is 1. The second-order valence-electron chi connectivity index (χ2n) is 5.88. The van der Waals surface area contributed by atoms with Crippen LogP contribution in [0.1, 0.15) is 32.3 Å². The summed E-state index contributed by atoms with van der Waals surface area (Å²) in [4.78, 5) is 13.7. The molecule has 0 saturated carbocycles. The van der Waals surface area contributed by atoms with E-state index in [2.05, 4.69) is 24.5 Å². The molecular weight excluding hydrogens is 282 g/mol. The average Bonchev–Trinajstić information content (AvgIpc) is 2.83. The van der Waals surface area contributed by atoms with Crippen molar-refractivity contribution in [3.05, 3.63) is 23.8 Å². The van der Waals surface area contributed by atoms with Crippen LogP contribution in [0.4, 0.5) is 11.4 Å². The standard InChI is InChI=1S/C16H23N3OS/c1-11(2)10-17-16(21)18-13-6-7-14(12(3)9-13)19-8-4-5-15(19)20/h6-7,9,11H,4-5,8,10H2,1-3H3,(H2,17,18,21). The summed E-state index contributed by atoms with van der Waals surface area (Å²) < 4.78 is 0. The third-order valence-corrected chi connectivity index (χ3v) is 3.74. The quantitative estimate of drug-likeness (QED) is 0.839. The zero-order chi connectivity index (χ0) is 15.4. The lowest BCUT2D eigenvalue weighted by molar-refractivity contribution is -0.117. The Balaban J connectivity index is 2.02. The Bertz CT molecular complexity index is 542. The van der Waals surface area contributed by atoms with Gasteiger partial charge in [0.15, 0.2) is 5.11 Å². The van der Waals surface area contributed by atoms with Crippen LogP contribution in [-0.4, -0.2) is 24.1 Å². The maximum atomic E-state index is 11.8. The first-order chi connectivity index (χ1) is 9.97. The molecule has 1 amide bonds. The molecule has 21 heavy (non-hydrogen) atoms. The van der Waals surface area contributed by atoms with Crippen molar-refractivity contribution in [2.24, 2.45) is 5.92 Å². The van der Waals surface area contributed by atoms with Crippen molar-refractivity contribution in [3.8, 4) is 0 Å². The van der Waals surface area contributed by atoms with Crippen molar-refractivity contribution in [2.45, 2.75) is 33.6 Å². The molecule has 0 atom stereocenters.